The number of pyridine rings is 1. The third kappa shape index (κ3) is 3.73. The molecule has 31 heavy (non-hydrogen) atoms. The smallest absolute Gasteiger partial charge is 0.341 e. The van der Waals surface area contributed by atoms with Gasteiger partial charge in [0.05, 0.1) is 18.9 Å². The summed E-state index contributed by atoms with van der Waals surface area (Å²) in [6, 6.07) is 3.63. The summed E-state index contributed by atoms with van der Waals surface area (Å²) in [5, 5.41) is 9.47. The third-order valence-corrected chi connectivity index (χ3v) is 6.78. The van der Waals surface area contributed by atoms with E-state index in [1.807, 2.05) is 4.57 Å². The molecule has 1 aromatic carbocycles. The normalized spacial score (nSPS) is 16.6. The Bertz CT molecular complexity index is 1060. The van der Waals surface area contributed by atoms with Crippen LogP contribution in [0.2, 0.25) is 0 Å². The number of nitrogens with zero attached hydrogens (tertiary/aromatic N) is 1. The summed E-state index contributed by atoms with van der Waals surface area (Å²) in [5.74, 6) is 1.15. The average Bonchev–Trinajstić information content (AvgIpc) is 3.22. The van der Waals surface area contributed by atoms with Crippen molar-refractivity contribution in [3.05, 3.63) is 45.2 Å². The van der Waals surface area contributed by atoms with E-state index in [4.69, 9.17) is 9.47 Å². The van der Waals surface area contributed by atoms with E-state index in [-0.39, 0.29) is 17.5 Å². The Morgan fingerprint density at radius 1 is 1.29 bits per heavy atom. The number of hydrogen-bond donors (Lipinski definition) is 1. The standard InChI is InChI=1S/C25H31NO5/c1-5-15(6-2)13-31-22-10-16-9-19(14(3)4)26-12-18(25(28)29)21(27)11-20(26)23(16)17-7-8-30-24(17)22/h10-12,14-15,19H,5-9,13H2,1-4H3,(H,28,29). The number of aromatic nitrogens is 1. The summed E-state index contributed by atoms with van der Waals surface area (Å²) in [5.41, 5.74) is 3.35. The van der Waals surface area contributed by atoms with E-state index in [0.29, 0.717) is 19.1 Å². The first kappa shape index (κ1) is 21.5. The number of benzene rings is 1. The van der Waals surface area contributed by atoms with E-state index >= 15 is 0 Å². The molecule has 6 heteroatoms. The summed E-state index contributed by atoms with van der Waals surface area (Å²) in [6.07, 6.45) is 5.18. The summed E-state index contributed by atoms with van der Waals surface area (Å²) >= 11 is 0. The van der Waals surface area contributed by atoms with Crippen molar-refractivity contribution in [2.24, 2.45) is 11.8 Å². The van der Waals surface area contributed by atoms with E-state index in [9.17, 15) is 14.7 Å². The molecule has 1 atom stereocenters. The van der Waals surface area contributed by atoms with Crippen LogP contribution in [0.1, 0.15) is 68.1 Å². The van der Waals surface area contributed by atoms with Gasteiger partial charge in [0.1, 0.15) is 5.56 Å². The molecule has 0 spiro atoms. The Kier molecular flexibility index (Phi) is 5.82. The van der Waals surface area contributed by atoms with Crippen molar-refractivity contribution < 1.29 is 19.4 Å². The second kappa shape index (κ2) is 8.40. The number of rotatable bonds is 7. The molecule has 1 unspecified atom stereocenters. The van der Waals surface area contributed by atoms with Crippen LogP contribution >= 0.6 is 0 Å². The molecule has 6 nitrogen and oxygen atoms in total. The molecule has 0 aliphatic carbocycles. The minimum atomic E-state index is -1.19. The van der Waals surface area contributed by atoms with Crippen LogP contribution in [-0.2, 0) is 12.8 Å². The van der Waals surface area contributed by atoms with Crippen LogP contribution in [0.25, 0.3) is 11.3 Å². The Balaban J connectivity index is 1.87. The van der Waals surface area contributed by atoms with Crippen molar-refractivity contribution >= 4 is 5.97 Å². The van der Waals surface area contributed by atoms with Gasteiger partial charge >= 0.3 is 5.97 Å². The van der Waals surface area contributed by atoms with Crippen LogP contribution in [0.15, 0.2) is 23.1 Å². The number of fused-ring (bicyclic) bond motifs is 5. The maximum Gasteiger partial charge on any atom is 0.341 e. The molecule has 1 N–H and O–H groups in total. The van der Waals surface area contributed by atoms with Crippen molar-refractivity contribution in [1.82, 2.24) is 4.57 Å². The lowest BCUT2D eigenvalue weighted by molar-refractivity contribution is 0.0694. The van der Waals surface area contributed by atoms with Gasteiger partial charge in [-0.1, -0.05) is 40.5 Å². The average molecular weight is 426 g/mol. The summed E-state index contributed by atoms with van der Waals surface area (Å²) in [4.78, 5) is 24.2. The second-order valence-corrected chi connectivity index (χ2v) is 8.97. The maximum atomic E-state index is 12.6. The number of hydrogen-bond acceptors (Lipinski definition) is 4. The molecule has 3 heterocycles. The fourth-order valence-corrected chi connectivity index (χ4v) is 4.79. The molecule has 0 bridgehead atoms. The second-order valence-electron chi connectivity index (χ2n) is 8.97. The van der Waals surface area contributed by atoms with Crippen LogP contribution < -0.4 is 14.9 Å². The Morgan fingerprint density at radius 2 is 2.03 bits per heavy atom. The zero-order valence-electron chi connectivity index (χ0n) is 18.7. The topological polar surface area (TPSA) is 77.8 Å². The molecule has 4 rings (SSSR count). The molecule has 2 aliphatic heterocycles. The van der Waals surface area contributed by atoms with E-state index in [0.717, 1.165) is 59.6 Å². The molecule has 2 aliphatic rings. The van der Waals surface area contributed by atoms with Gasteiger partial charge in [-0.05, 0) is 29.9 Å². The molecule has 0 fully saturated rings. The highest BCUT2D eigenvalue weighted by Gasteiger charge is 2.33. The van der Waals surface area contributed by atoms with Crippen LogP contribution in [0, 0.1) is 11.8 Å². The number of carboxylic acids is 1. The van der Waals surface area contributed by atoms with E-state index in [1.165, 1.54) is 12.3 Å². The predicted octanol–water partition coefficient (Wildman–Crippen LogP) is 4.72. The van der Waals surface area contributed by atoms with Gasteiger partial charge < -0.3 is 19.1 Å². The number of carbonyl (C=O) groups is 1. The zero-order valence-corrected chi connectivity index (χ0v) is 18.7. The molecule has 166 valence electrons. The molecule has 1 aromatic heterocycles. The quantitative estimate of drug-likeness (QED) is 0.695. The highest BCUT2D eigenvalue weighted by molar-refractivity contribution is 5.88. The van der Waals surface area contributed by atoms with Gasteiger partial charge in [0.2, 0.25) is 0 Å². The molecular formula is C25H31NO5. The molecule has 0 amide bonds. The molecular weight excluding hydrogens is 394 g/mol. The van der Waals surface area contributed by atoms with E-state index in [1.54, 1.807) is 0 Å². The maximum absolute atomic E-state index is 12.6. The fourth-order valence-electron chi connectivity index (χ4n) is 4.79. The van der Waals surface area contributed by atoms with Crippen molar-refractivity contribution in [2.45, 2.75) is 59.4 Å². The van der Waals surface area contributed by atoms with Gasteiger partial charge in [0.15, 0.2) is 16.9 Å². The number of aromatic carboxylic acids is 1. The van der Waals surface area contributed by atoms with Crippen molar-refractivity contribution in [2.75, 3.05) is 13.2 Å². The van der Waals surface area contributed by atoms with Crippen LogP contribution in [0.5, 0.6) is 11.5 Å². The predicted molar refractivity (Wildman–Crippen MR) is 119 cm³/mol. The van der Waals surface area contributed by atoms with Gasteiger partial charge in [-0.15, -0.1) is 0 Å². The Labute approximate surface area is 182 Å². The Morgan fingerprint density at radius 3 is 2.68 bits per heavy atom. The first-order valence-corrected chi connectivity index (χ1v) is 11.3. The van der Waals surface area contributed by atoms with E-state index < -0.39 is 11.4 Å². The largest absolute Gasteiger partial charge is 0.489 e. The monoisotopic (exact) mass is 425 g/mol. The third-order valence-electron chi connectivity index (χ3n) is 6.78. The number of carboxylic acid groups (broad SMARTS) is 1. The van der Waals surface area contributed by atoms with Gasteiger partial charge in [-0.3, -0.25) is 4.79 Å². The van der Waals surface area contributed by atoms with Gasteiger partial charge in [0, 0.05) is 35.9 Å². The highest BCUT2D eigenvalue weighted by Crippen LogP contribution is 2.48. The van der Waals surface area contributed by atoms with Crippen molar-refractivity contribution in [3.63, 3.8) is 0 Å². The van der Waals surface area contributed by atoms with Gasteiger partial charge in [0.25, 0.3) is 0 Å². The number of ether oxygens (including phenoxy) is 2. The van der Waals surface area contributed by atoms with E-state index in [2.05, 4.69) is 33.8 Å². The first-order valence-electron chi connectivity index (χ1n) is 11.3. The lowest BCUT2D eigenvalue weighted by Crippen LogP contribution is -2.28. The molecule has 0 saturated carbocycles. The lowest BCUT2D eigenvalue weighted by Gasteiger charge is -2.34. The molecule has 0 saturated heterocycles. The van der Waals surface area contributed by atoms with Crippen LogP contribution in [-0.4, -0.2) is 28.9 Å². The highest BCUT2D eigenvalue weighted by atomic mass is 16.5. The summed E-state index contributed by atoms with van der Waals surface area (Å²) < 4.78 is 14.2. The van der Waals surface area contributed by atoms with Crippen LogP contribution in [0.3, 0.4) is 0 Å². The zero-order chi connectivity index (χ0) is 22.3. The van der Waals surface area contributed by atoms with Gasteiger partial charge in [-0.2, -0.15) is 0 Å². The first-order chi connectivity index (χ1) is 14.8. The summed E-state index contributed by atoms with van der Waals surface area (Å²) in [7, 11) is 0. The summed E-state index contributed by atoms with van der Waals surface area (Å²) in [6.45, 7) is 9.85. The molecule has 0 radical (unpaired) electrons. The fraction of sp³-hybridized carbons (Fsp3) is 0.520. The van der Waals surface area contributed by atoms with Crippen molar-refractivity contribution in [1.29, 1.82) is 0 Å². The SMILES string of the molecule is CCC(CC)COc1cc2c(c3c1OCC3)-c1cc(=O)c(C(=O)O)cn1C(C(C)C)C2. The Hall–Kier alpha value is -2.76. The minimum Gasteiger partial charge on any atom is -0.489 e. The lowest BCUT2D eigenvalue weighted by atomic mass is 9.84. The van der Waals surface area contributed by atoms with Crippen LogP contribution in [0.4, 0.5) is 0 Å². The minimum absolute atomic E-state index is 0.0634. The van der Waals surface area contributed by atoms with Crippen molar-refractivity contribution in [3.8, 4) is 22.8 Å². The molecule has 2 aromatic rings. The van der Waals surface area contributed by atoms with Gasteiger partial charge in [-0.25, -0.2) is 4.79 Å².